The van der Waals surface area contributed by atoms with Gasteiger partial charge in [-0.05, 0) is 48.0 Å². The highest BCUT2D eigenvalue weighted by Crippen LogP contribution is 2.33. The number of hydrogen-bond donors (Lipinski definition) is 3. The second kappa shape index (κ2) is 11.7. The fourth-order valence-electron chi connectivity index (χ4n) is 4.56. The Kier molecular flexibility index (Phi) is 7.70. The molecule has 0 aliphatic rings. The van der Waals surface area contributed by atoms with Crippen molar-refractivity contribution in [1.82, 2.24) is 19.5 Å². The van der Waals surface area contributed by atoms with Gasteiger partial charge >= 0.3 is 5.97 Å². The van der Waals surface area contributed by atoms with Crippen LogP contribution in [0.15, 0.2) is 71.9 Å². The quantitative estimate of drug-likeness (QED) is 0.251. The van der Waals surface area contributed by atoms with E-state index in [-0.39, 0.29) is 29.3 Å². The van der Waals surface area contributed by atoms with Crippen LogP contribution in [-0.4, -0.2) is 44.8 Å². The van der Waals surface area contributed by atoms with E-state index in [1.54, 1.807) is 41.2 Å². The van der Waals surface area contributed by atoms with Gasteiger partial charge in [0, 0.05) is 41.5 Å². The molecule has 0 saturated heterocycles. The number of benzene rings is 2. The van der Waals surface area contributed by atoms with Crippen molar-refractivity contribution in [3.8, 4) is 23.3 Å². The normalized spacial score (nSPS) is 10.6. The number of aromatic carboxylic acids is 1. The van der Waals surface area contributed by atoms with E-state index in [0.29, 0.717) is 45.8 Å². The van der Waals surface area contributed by atoms with Gasteiger partial charge in [0.15, 0.2) is 11.5 Å². The topological polar surface area (TPSA) is 168 Å². The molecule has 3 aromatic heterocycles. The number of fused-ring (bicyclic) bond motifs is 1. The van der Waals surface area contributed by atoms with Crippen LogP contribution in [-0.2, 0) is 13.0 Å². The SMILES string of the molecule is COc1cc(Cc2cnc(N)nc2N)cc(C#Cc2ccc3c(=O)c(C(=O)O)cn(Cc4ccccn4)c3c2)c1OC. The van der Waals surface area contributed by atoms with Crippen LogP contribution in [0.25, 0.3) is 10.9 Å². The minimum absolute atomic E-state index is 0.0927. The van der Waals surface area contributed by atoms with Crippen molar-refractivity contribution in [1.29, 1.82) is 0 Å². The van der Waals surface area contributed by atoms with Gasteiger partial charge in [-0.25, -0.2) is 9.78 Å². The molecular weight excluding hydrogens is 536 g/mol. The van der Waals surface area contributed by atoms with Gasteiger partial charge in [0.2, 0.25) is 11.4 Å². The minimum atomic E-state index is -1.30. The summed E-state index contributed by atoms with van der Waals surface area (Å²) in [5.41, 5.74) is 14.7. The summed E-state index contributed by atoms with van der Waals surface area (Å²) in [5.74, 6) is 6.30. The van der Waals surface area contributed by atoms with E-state index in [0.717, 1.165) is 5.56 Å². The first-order valence-corrected chi connectivity index (χ1v) is 12.7. The second-order valence-electron chi connectivity index (χ2n) is 9.30. The van der Waals surface area contributed by atoms with Gasteiger partial charge in [0.25, 0.3) is 0 Å². The van der Waals surface area contributed by atoms with Crippen molar-refractivity contribution in [2.45, 2.75) is 13.0 Å². The molecule has 2 aromatic carbocycles. The van der Waals surface area contributed by atoms with Crippen molar-refractivity contribution >= 4 is 28.6 Å². The molecule has 0 unspecified atom stereocenters. The number of pyridine rings is 2. The third-order valence-corrected chi connectivity index (χ3v) is 6.56. The third-order valence-electron chi connectivity index (χ3n) is 6.56. The molecule has 11 heteroatoms. The number of nitrogens with zero attached hydrogens (tertiary/aromatic N) is 4. The Morgan fingerprint density at radius 2 is 1.88 bits per heavy atom. The highest BCUT2D eigenvalue weighted by Gasteiger charge is 2.16. The molecule has 0 atom stereocenters. The molecule has 5 aromatic rings. The number of nitrogens with two attached hydrogens (primary N) is 2. The summed E-state index contributed by atoms with van der Waals surface area (Å²) >= 11 is 0. The standard InChI is InChI=1S/C31H26N6O5/c1-41-26-14-19(12-21-15-35-31(33)36-29(21)32)11-20(28(26)42-2)8-6-18-7-9-23-25(13-18)37(16-22-5-3-4-10-34-22)17-24(27(23)38)30(39)40/h3-5,7,9-11,13-15,17H,12,16H2,1-2H3,(H,39,40)(H4,32,33,35,36). The lowest BCUT2D eigenvalue weighted by molar-refractivity contribution is 0.0695. The van der Waals surface area contributed by atoms with Crippen LogP contribution in [0, 0.1) is 11.8 Å². The molecular formula is C31H26N6O5. The highest BCUT2D eigenvalue weighted by atomic mass is 16.5. The maximum absolute atomic E-state index is 12.9. The van der Waals surface area contributed by atoms with Crippen LogP contribution in [0.5, 0.6) is 11.5 Å². The molecule has 0 saturated carbocycles. The minimum Gasteiger partial charge on any atom is -0.493 e. The van der Waals surface area contributed by atoms with Crippen molar-refractivity contribution in [3.05, 3.63) is 111 Å². The Balaban J connectivity index is 1.59. The first-order valence-electron chi connectivity index (χ1n) is 12.7. The monoisotopic (exact) mass is 562 g/mol. The molecule has 5 N–H and O–H groups in total. The van der Waals surface area contributed by atoms with Crippen molar-refractivity contribution in [2.24, 2.45) is 0 Å². The molecule has 0 radical (unpaired) electrons. The molecule has 0 spiro atoms. The van der Waals surface area contributed by atoms with E-state index in [2.05, 4.69) is 26.8 Å². The number of hydrogen-bond acceptors (Lipinski definition) is 9. The highest BCUT2D eigenvalue weighted by molar-refractivity contribution is 5.93. The molecule has 42 heavy (non-hydrogen) atoms. The van der Waals surface area contributed by atoms with E-state index in [1.807, 2.05) is 24.3 Å². The van der Waals surface area contributed by atoms with Crippen LogP contribution in [0.4, 0.5) is 11.8 Å². The zero-order chi connectivity index (χ0) is 29.8. The van der Waals surface area contributed by atoms with Gasteiger partial charge in [0.05, 0.1) is 37.5 Å². The van der Waals surface area contributed by atoms with Gasteiger partial charge in [-0.15, -0.1) is 0 Å². The number of nitrogen functional groups attached to an aromatic ring is 2. The van der Waals surface area contributed by atoms with Crippen LogP contribution >= 0.6 is 0 Å². The fraction of sp³-hybridized carbons (Fsp3) is 0.129. The van der Waals surface area contributed by atoms with Crippen molar-refractivity contribution in [3.63, 3.8) is 0 Å². The van der Waals surface area contributed by atoms with Gasteiger partial charge in [-0.1, -0.05) is 17.9 Å². The number of methoxy groups -OCH3 is 2. The average Bonchev–Trinajstić information content (AvgIpc) is 2.98. The number of carboxylic acid groups (broad SMARTS) is 1. The third kappa shape index (κ3) is 5.68. The summed E-state index contributed by atoms with van der Waals surface area (Å²) in [6.07, 6.45) is 4.97. The van der Waals surface area contributed by atoms with E-state index in [9.17, 15) is 14.7 Å². The fourth-order valence-corrected chi connectivity index (χ4v) is 4.56. The summed E-state index contributed by atoms with van der Waals surface area (Å²) in [6, 6.07) is 14.2. The van der Waals surface area contributed by atoms with Crippen molar-refractivity contribution < 1.29 is 19.4 Å². The number of carboxylic acids is 1. The van der Waals surface area contributed by atoms with Gasteiger partial charge < -0.3 is 30.6 Å². The lowest BCUT2D eigenvalue weighted by Gasteiger charge is -2.13. The zero-order valence-corrected chi connectivity index (χ0v) is 22.8. The Labute approximate surface area is 240 Å². The first-order chi connectivity index (χ1) is 20.3. The van der Waals surface area contributed by atoms with Gasteiger partial charge in [-0.2, -0.15) is 4.98 Å². The summed E-state index contributed by atoms with van der Waals surface area (Å²) in [6.45, 7) is 0.264. The second-order valence-corrected chi connectivity index (χ2v) is 9.30. The number of aromatic nitrogens is 4. The molecule has 0 bridgehead atoms. The summed E-state index contributed by atoms with van der Waals surface area (Å²) in [4.78, 5) is 37.1. The summed E-state index contributed by atoms with van der Waals surface area (Å²) in [5, 5.41) is 9.89. The number of rotatable bonds is 7. The lowest BCUT2D eigenvalue weighted by atomic mass is 10.0. The van der Waals surface area contributed by atoms with Crippen LogP contribution in [0.3, 0.4) is 0 Å². The number of ether oxygens (including phenoxy) is 2. The van der Waals surface area contributed by atoms with Crippen LogP contribution in [0.2, 0.25) is 0 Å². The Bertz CT molecular complexity index is 1940. The molecule has 0 fully saturated rings. The molecule has 210 valence electrons. The van der Waals surface area contributed by atoms with E-state index >= 15 is 0 Å². The Morgan fingerprint density at radius 3 is 2.57 bits per heavy atom. The van der Waals surface area contributed by atoms with Crippen LogP contribution in [0.1, 0.15) is 38.3 Å². The molecule has 3 heterocycles. The molecule has 0 amide bonds. The Hall–Kier alpha value is -5.89. The average molecular weight is 563 g/mol. The van der Waals surface area contributed by atoms with Crippen molar-refractivity contribution in [2.75, 3.05) is 25.7 Å². The summed E-state index contributed by atoms with van der Waals surface area (Å²) < 4.78 is 12.9. The molecule has 0 aliphatic heterocycles. The first kappa shape index (κ1) is 27.7. The predicted molar refractivity (Wildman–Crippen MR) is 158 cm³/mol. The van der Waals surface area contributed by atoms with Gasteiger partial charge in [0.1, 0.15) is 11.4 Å². The smallest absolute Gasteiger partial charge is 0.341 e. The van der Waals surface area contributed by atoms with Gasteiger partial charge in [-0.3, -0.25) is 9.78 Å². The molecule has 5 rings (SSSR count). The summed E-state index contributed by atoms with van der Waals surface area (Å²) in [7, 11) is 3.07. The maximum atomic E-state index is 12.9. The van der Waals surface area contributed by atoms with Crippen LogP contribution < -0.4 is 26.4 Å². The largest absolute Gasteiger partial charge is 0.493 e. The van der Waals surface area contributed by atoms with E-state index in [1.165, 1.54) is 20.4 Å². The maximum Gasteiger partial charge on any atom is 0.341 e. The zero-order valence-electron chi connectivity index (χ0n) is 22.8. The number of anilines is 2. The van der Waals surface area contributed by atoms with E-state index in [4.69, 9.17) is 20.9 Å². The molecule has 0 aliphatic carbocycles. The van der Waals surface area contributed by atoms with E-state index < -0.39 is 11.4 Å². The number of carbonyl (C=O) groups is 1. The molecule has 11 nitrogen and oxygen atoms in total. The Morgan fingerprint density at radius 1 is 1.05 bits per heavy atom. The lowest BCUT2D eigenvalue weighted by Crippen LogP contribution is -2.19. The predicted octanol–water partition coefficient (Wildman–Crippen LogP) is 3.11.